The fraction of sp³-hybridized carbons (Fsp3) is 0.214. The van der Waals surface area contributed by atoms with Gasteiger partial charge in [0.2, 0.25) is 0 Å². The maximum absolute atomic E-state index is 13.1. The van der Waals surface area contributed by atoms with Crippen LogP contribution in [0, 0.1) is 18.6 Å². The Labute approximate surface area is 110 Å². The molecule has 0 saturated carbocycles. The number of halogens is 2. The van der Waals surface area contributed by atoms with Gasteiger partial charge in [-0.25, -0.2) is 8.78 Å². The molecule has 100 valence electrons. The summed E-state index contributed by atoms with van der Waals surface area (Å²) in [7, 11) is 0. The summed E-state index contributed by atoms with van der Waals surface area (Å²) in [5, 5.41) is 0. The summed E-state index contributed by atoms with van der Waals surface area (Å²) in [6, 6.07) is 7.44. The first-order valence-electron chi connectivity index (χ1n) is 5.92. The molecule has 2 aromatic rings. The van der Waals surface area contributed by atoms with Gasteiger partial charge in [0.05, 0.1) is 6.04 Å². The fourth-order valence-electron chi connectivity index (χ4n) is 1.86. The minimum atomic E-state index is -0.852. The number of hydrogen-bond acceptors (Lipinski definition) is 3. The number of benzene rings is 1. The van der Waals surface area contributed by atoms with Crippen LogP contribution in [0.4, 0.5) is 8.78 Å². The number of nitrogens with two attached hydrogens (primary N) is 1. The number of rotatable bonds is 4. The van der Waals surface area contributed by atoms with Gasteiger partial charge >= 0.3 is 0 Å². The number of pyridine rings is 1. The highest BCUT2D eigenvalue weighted by molar-refractivity contribution is 5.23. The van der Waals surface area contributed by atoms with E-state index >= 15 is 0 Å². The second kappa shape index (κ2) is 5.86. The molecule has 19 heavy (non-hydrogen) atoms. The van der Waals surface area contributed by atoms with E-state index < -0.39 is 11.6 Å². The highest BCUT2D eigenvalue weighted by atomic mass is 19.2. The molecule has 3 nitrogen and oxygen atoms in total. The van der Waals surface area contributed by atoms with Crippen molar-refractivity contribution in [3.05, 3.63) is 65.0 Å². The molecule has 5 heteroatoms. The van der Waals surface area contributed by atoms with Crippen LogP contribution in [0.5, 0.6) is 0 Å². The van der Waals surface area contributed by atoms with Crippen molar-refractivity contribution in [3.8, 4) is 0 Å². The van der Waals surface area contributed by atoms with Crippen LogP contribution in [-0.4, -0.2) is 4.98 Å². The number of nitrogens with zero attached hydrogens (tertiary/aromatic N) is 1. The highest BCUT2D eigenvalue weighted by Gasteiger charge is 2.12. The van der Waals surface area contributed by atoms with Crippen molar-refractivity contribution < 1.29 is 8.78 Å². The topological polar surface area (TPSA) is 50.9 Å². The standard InChI is InChI=1S/C14H15F2N3/c1-9-2-4-11(8-18-9)14(19-17)7-10-3-5-12(15)13(16)6-10/h2-6,8,14,19H,7,17H2,1H3. The van der Waals surface area contributed by atoms with Crippen molar-refractivity contribution in [2.45, 2.75) is 19.4 Å². The molecule has 0 bridgehead atoms. The van der Waals surface area contributed by atoms with E-state index in [4.69, 9.17) is 5.84 Å². The van der Waals surface area contributed by atoms with Gasteiger partial charge in [-0.1, -0.05) is 12.1 Å². The number of aryl methyl sites for hydroxylation is 1. The van der Waals surface area contributed by atoms with Crippen molar-refractivity contribution in [3.63, 3.8) is 0 Å². The molecule has 0 aliphatic heterocycles. The van der Waals surface area contributed by atoms with Crippen LogP contribution in [0.25, 0.3) is 0 Å². The summed E-state index contributed by atoms with van der Waals surface area (Å²) in [4.78, 5) is 4.19. The first-order chi connectivity index (χ1) is 9.10. The van der Waals surface area contributed by atoms with Crippen LogP contribution in [0.3, 0.4) is 0 Å². The van der Waals surface area contributed by atoms with Gasteiger partial charge in [0.15, 0.2) is 11.6 Å². The zero-order valence-electron chi connectivity index (χ0n) is 10.5. The molecular weight excluding hydrogens is 248 g/mol. The molecule has 0 aliphatic carbocycles. The lowest BCUT2D eigenvalue weighted by molar-refractivity contribution is 0.502. The number of hydrogen-bond donors (Lipinski definition) is 2. The zero-order chi connectivity index (χ0) is 13.8. The Bertz CT molecular complexity index is 555. The maximum Gasteiger partial charge on any atom is 0.159 e. The number of hydrazine groups is 1. The van der Waals surface area contributed by atoms with Crippen LogP contribution < -0.4 is 11.3 Å². The Morgan fingerprint density at radius 1 is 1.21 bits per heavy atom. The second-order valence-corrected chi connectivity index (χ2v) is 4.40. The molecule has 0 spiro atoms. The summed E-state index contributed by atoms with van der Waals surface area (Å²) in [5.74, 6) is 3.81. The predicted octanol–water partition coefficient (Wildman–Crippen LogP) is 2.42. The van der Waals surface area contributed by atoms with Gasteiger partial charge in [0.25, 0.3) is 0 Å². The van der Waals surface area contributed by atoms with Crippen molar-refractivity contribution in [2.75, 3.05) is 0 Å². The molecule has 3 N–H and O–H groups in total. The Hall–Kier alpha value is -1.85. The van der Waals surface area contributed by atoms with E-state index in [0.29, 0.717) is 12.0 Å². The van der Waals surface area contributed by atoms with E-state index in [-0.39, 0.29) is 6.04 Å². The molecule has 0 amide bonds. The molecule has 0 aliphatic rings. The summed E-state index contributed by atoms with van der Waals surface area (Å²) in [6.07, 6.45) is 2.18. The molecule has 1 heterocycles. The normalized spacial score (nSPS) is 12.4. The Morgan fingerprint density at radius 2 is 2.00 bits per heavy atom. The van der Waals surface area contributed by atoms with Crippen LogP contribution in [0.1, 0.15) is 22.9 Å². The van der Waals surface area contributed by atoms with Gasteiger partial charge in [-0.05, 0) is 42.7 Å². The number of aromatic nitrogens is 1. The maximum atomic E-state index is 13.1. The van der Waals surface area contributed by atoms with Gasteiger partial charge in [0, 0.05) is 11.9 Å². The van der Waals surface area contributed by atoms with E-state index in [1.165, 1.54) is 6.07 Å². The molecule has 0 saturated heterocycles. The van der Waals surface area contributed by atoms with Crippen molar-refractivity contribution in [2.24, 2.45) is 5.84 Å². The summed E-state index contributed by atoms with van der Waals surface area (Å²) in [6.45, 7) is 1.89. The molecule has 1 atom stereocenters. The van der Waals surface area contributed by atoms with Gasteiger partial charge in [0.1, 0.15) is 0 Å². The van der Waals surface area contributed by atoms with Crippen LogP contribution >= 0.6 is 0 Å². The molecule has 1 aromatic heterocycles. The minimum absolute atomic E-state index is 0.196. The largest absolute Gasteiger partial charge is 0.271 e. The lowest BCUT2D eigenvalue weighted by Gasteiger charge is -2.16. The first kappa shape index (κ1) is 13.6. The average molecular weight is 263 g/mol. The van der Waals surface area contributed by atoms with Gasteiger partial charge in [-0.15, -0.1) is 0 Å². The second-order valence-electron chi connectivity index (χ2n) is 4.40. The van der Waals surface area contributed by atoms with Crippen LogP contribution in [-0.2, 0) is 6.42 Å². The molecule has 0 radical (unpaired) electrons. The summed E-state index contributed by atoms with van der Waals surface area (Å²) < 4.78 is 26.0. The van der Waals surface area contributed by atoms with Crippen molar-refractivity contribution >= 4 is 0 Å². The van der Waals surface area contributed by atoms with E-state index in [1.807, 2.05) is 19.1 Å². The Balaban J connectivity index is 2.18. The Kier molecular flexibility index (Phi) is 4.19. The van der Waals surface area contributed by atoms with Crippen molar-refractivity contribution in [1.29, 1.82) is 0 Å². The minimum Gasteiger partial charge on any atom is -0.271 e. The molecule has 1 aromatic carbocycles. The lowest BCUT2D eigenvalue weighted by Crippen LogP contribution is -2.29. The molecule has 1 unspecified atom stereocenters. The van der Waals surface area contributed by atoms with E-state index in [2.05, 4.69) is 10.4 Å². The SMILES string of the molecule is Cc1ccc(C(Cc2ccc(F)c(F)c2)NN)cn1. The van der Waals surface area contributed by atoms with Gasteiger partial charge < -0.3 is 0 Å². The van der Waals surface area contributed by atoms with E-state index in [0.717, 1.165) is 17.3 Å². The van der Waals surface area contributed by atoms with Gasteiger partial charge in [-0.2, -0.15) is 0 Å². The third-order valence-electron chi connectivity index (χ3n) is 2.96. The smallest absolute Gasteiger partial charge is 0.159 e. The highest BCUT2D eigenvalue weighted by Crippen LogP contribution is 2.18. The monoisotopic (exact) mass is 263 g/mol. The van der Waals surface area contributed by atoms with Gasteiger partial charge in [-0.3, -0.25) is 16.3 Å². The average Bonchev–Trinajstić information content (AvgIpc) is 2.41. The van der Waals surface area contributed by atoms with E-state index in [1.54, 1.807) is 12.3 Å². The summed E-state index contributed by atoms with van der Waals surface area (Å²) >= 11 is 0. The molecule has 2 rings (SSSR count). The van der Waals surface area contributed by atoms with Crippen molar-refractivity contribution in [1.82, 2.24) is 10.4 Å². The third-order valence-corrected chi connectivity index (χ3v) is 2.96. The summed E-state index contributed by atoms with van der Waals surface area (Å²) in [5.41, 5.74) is 5.14. The zero-order valence-corrected chi connectivity index (χ0v) is 10.5. The third kappa shape index (κ3) is 3.33. The molecule has 0 fully saturated rings. The Morgan fingerprint density at radius 3 is 2.58 bits per heavy atom. The van der Waals surface area contributed by atoms with E-state index in [9.17, 15) is 8.78 Å². The van der Waals surface area contributed by atoms with Crippen LogP contribution in [0.15, 0.2) is 36.5 Å². The first-order valence-corrected chi connectivity index (χ1v) is 5.92. The molecular formula is C14H15F2N3. The fourth-order valence-corrected chi connectivity index (χ4v) is 1.86. The predicted molar refractivity (Wildman–Crippen MR) is 69.1 cm³/mol. The quantitative estimate of drug-likeness (QED) is 0.658. The number of nitrogens with one attached hydrogen (secondary N) is 1. The van der Waals surface area contributed by atoms with Crippen LogP contribution in [0.2, 0.25) is 0 Å². The lowest BCUT2D eigenvalue weighted by atomic mass is 10.0.